The first-order chi connectivity index (χ1) is 9.22. The van der Waals surface area contributed by atoms with E-state index in [2.05, 4.69) is 13.5 Å². The van der Waals surface area contributed by atoms with Gasteiger partial charge in [0.15, 0.2) is 0 Å². The number of carboxylic acids is 1. The summed E-state index contributed by atoms with van der Waals surface area (Å²) >= 11 is 0. The van der Waals surface area contributed by atoms with E-state index < -0.39 is 5.97 Å². The average Bonchev–Trinajstić information content (AvgIpc) is 2.39. The maximum Gasteiger partial charge on any atom is 0.306 e. The second-order valence-electron chi connectivity index (χ2n) is 5.52. The fourth-order valence-corrected chi connectivity index (χ4v) is 2.41. The summed E-state index contributed by atoms with van der Waals surface area (Å²) in [5.41, 5.74) is 0. The van der Waals surface area contributed by atoms with E-state index in [4.69, 9.17) is 5.11 Å². The zero-order chi connectivity index (χ0) is 14.3. The fourth-order valence-electron chi connectivity index (χ4n) is 2.41. The van der Waals surface area contributed by atoms with Gasteiger partial charge in [0, 0.05) is 0 Å². The number of rotatable bonds is 14. The number of hydrogen-bond donors (Lipinski definition) is 1. The Labute approximate surface area is 119 Å². The van der Waals surface area contributed by atoms with Gasteiger partial charge in [0.2, 0.25) is 0 Å². The average molecular weight is 268 g/mol. The fraction of sp³-hybridized carbons (Fsp3) is 0.824. The summed E-state index contributed by atoms with van der Waals surface area (Å²) in [5.74, 6) is -0.703. The molecular formula is C17H32O2. The molecule has 2 heteroatoms. The third-order valence-electron chi connectivity index (χ3n) is 3.72. The summed E-state index contributed by atoms with van der Waals surface area (Å²) in [4.78, 5) is 11.1. The molecule has 0 aromatic heterocycles. The first kappa shape index (κ1) is 18.2. The van der Waals surface area contributed by atoms with E-state index in [0.29, 0.717) is 0 Å². The van der Waals surface area contributed by atoms with Crippen molar-refractivity contribution in [3.05, 3.63) is 12.7 Å². The molecule has 19 heavy (non-hydrogen) atoms. The van der Waals surface area contributed by atoms with Crippen LogP contribution in [0.4, 0.5) is 0 Å². The second kappa shape index (κ2) is 13.6. The van der Waals surface area contributed by atoms with Gasteiger partial charge >= 0.3 is 5.97 Å². The predicted octanol–water partition coefficient (Wildman–Crippen LogP) is 5.57. The van der Waals surface area contributed by atoms with Crippen LogP contribution in [-0.4, -0.2) is 11.1 Å². The summed E-state index contributed by atoms with van der Waals surface area (Å²) in [6, 6.07) is 0. The van der Waals surface area contributed by atoms with Crippen LogP contribution in [0.1, 0.15) is 84.0 Å². The molecule has 0 spiro atoms. The van der Waals surface area contributed by atoms with Gasteiger partial charge < -0.3 is 5.11 Å². The predicted molar refractivity (Wildman–Crippen MR) is 82.4 cm³/mol. The van der Waals surface area contributed by atoms with Crippen molar-refractivity contribution in [2.45, 2.75) is 84.0 Å². The Balaban J connectivity index is 3.39. The molecule has 0 aromatic rings. The molecule has 2 nitrogen and oxygen atoms in total. The Bertz CT molecular complexity index is 223. The standard InChI is InChI=1S/C17H32O2/c1-3-5-7-8-9-10-11-12-13-15-16(17(18)19)14-6-4-2/h3,16H,1,4-15H2,2H3,(H,18,19). The van der Waals surface area contributed by atoms with Crippen molar-refractivity contribution < 1.29 is 9.90 Å². The van der Waals surface area contributed by atoms with Crippen LogP contribution in [0.5, 0.6) is 0 Å². The minimum atomic E-state index is -0.599. The first-order valence-electron chi connectivity index (χ1n) is 8.06. The highest BCUT2D eigenvalue weighted by Crippen LogP contribution is 2.18. The highest BCUT2D eigenvalue weighted by molar-refractivity contribution is 5.69. The van der Waals surface area contributed by atoms with E-state index in [1.54, 1.807) is 0 Å². The molecule has 1 unspecified atom stereocenters. The van der Waals surface area contributed by atoms with E-state index in [0.717, 1.165) is 38.5 Å². The van der Waals surface area contributed by atoms with E-state index in [-0.39, 0.29) is 5.92 Å². The largest absolute Gasteiger partial charge is 0.481 e. The second-order valence-corrected chi connectivity index (χ2v) is 5.52. The Morgan fingerprint density at radius 2 is 1.53 bits per heavy atom. The monoisotopic (exact) mass is 268 g/mol. The topological polar surface area (TPSA) is 37.3 Å². The number of hydrogen-bond acceptors (Lipinski definition) is 1. The molecule has 0 aliphatic carbocycles. The normalized spacial score (nSPS) is 12.3. The van der Waals surface area contributed by atoms with Crippen molar-refractivity contribution in [3.63, 3.8) is 0 Å². The lowest BCUT2D eigenvalue weighted by Gasteiger charge is -2.11. The smallest absolute Gasteiger partial charge is 0.306 e. The highest BCUT2D eigenvalue weighted by atomic mass is 16.4. The van der Waals surface area contributed by atoms with Crippen LogP contribution in [-0.2, 0) is 4.79 Å². The van der Waals surface area contributed by atoms with Gasteiger partial charge in [-0.05, 0) is 25.7 Å². The molecule has 0 heterocycles. The van der Waals surface area contributed by atoms with Gasteiger partial charge in [0.25, 0.3) is 0 Å². The van der Waals surface area contributed by atoms with Crippen LogP contribution in [0.15, 0.2) is 12.7 Å². The van der Waals surface area contributed by atoms with Crippen LogP contribution >= 0.6 is 0 Å². The molecule has 0 aliphatic heterocycles. The number of aliphatic carboxylic acids is 1. The van der Waals surface area contributed by atoms with Crippen molar-refractivity contribution in [1.29, 1.82) is 0 Å². The molecular weight excluding hydrogens is 236 g/mol. The molecule has 0 fully saturated rings. The van der Waals surface area contributed by atoms with Crippen LogP contribution < -0.4 is 0 Å². The van der Waals surface area contributed by atoms with Crippen molar-refractivity contribution in [2.24, 2.45) is 5.92 Å². The molecule has 112 valence electrons. The lowest BCUT2D eigenvalue weighted by atomic mass is 9.95. The Morgan fingerprint density at radius 1 is 1.00 bits per heavy atom. The Hall–Kier alpha value is -0.790. The van der Waals surface area contributed by atoms with E-state index >= 15 is 0 Å². The number of allylic oxidation sites excluding steroid dienone is 1. The third-order valence-corrected chi connectivity index (χ3v) is 3.72. The maximum atomic E-state index is 11.1. The number of unbranched alkanes of at least 4 members (excludes halogenated alkanes) is 8. The first-order valence-corrected chi connectivity index (χ1v) is 8.06. The van der Waals surface area contributed by atoms with Crippen molar-refractivity contribution in [1.82, 2.24) is 0 Å². The molecule has 0 aliphatic rings. The molecule has 1 N–H and O–H groups in total. The van der Waals surface area contributed by atoms with Crippen molar-refractivity contribution in [2.75, 3.05) is 0 Å². The SMILES string of the molecule is C=CCCCCCCCCCC(CCCC)C(=O)O. The summed E-state index contributed by atoms with van der Waals surface area (Å²) in [6.07, 6.45) is 15.7. The highest BCUT2D eigenvalue weighted by Gasteiger charge is 2.15. The van der Waals surface area contributed by atoms with Gasteiger partial charge in [-0.2, -0.15) is 0 Å². The lowest BCUT2D eigenvalue weighted by molar-refractivity contribution is -0.142. The zero-order valence-electron chi connectivity index (χ0n) is 12.7. The minimum absolute atomic E-state index is 0.104. The maximum absolute atomic E-state index is 11.1. The molecule has 0 saturated carbocycles. The van der Waals surface area contributed by atoms with E-state index in [9.17, 15) is 4.79 Å². The summed E-state index contributed by atoms with van der Waals surface area (Å²) in [5, 5.41) is 9.11. The van der Waals surface area contributed by atoms with Crippen LogP contribution in [0.25, 0.3) is 0 Å². The Kier molecular flexibility index (Phi) is 13.1. The lowest BCUT2D eigenvalue weighted by Crippen LogP contribution is -2.13. The van der Waals surface area contributed by atoms with Gasteiger partial charge in [0.05, 0.1) is 5.92 Å². The Morgan fingerprint density at radius 3 is 2.05 bits per heavy atom. The van der Waals surface area contributed by atoms with Gasteiger partial charge in [0.1, 0.15) is 0 Å². The molecule has 0 aromatic carbocycles. The quantitative estimate of drug-likeness (QED) is 0.330. The molecule has 0 bridgehead atoms. The van der Waals surface area contributed by atoms with Crippen LogP contribution in [0, 0.1) is 5.92 Å². The van der Waals surface area contributed by atoms with E-state index in [1.165, 1.54) is 38.5 Å². The van der Waals surface area contributed by atoms with Crippen LogP contribution in [0.3, 0.4) is 0 Å². The minimum Gasteiger partial charge on any atom is -0.481 e. The van der Waals surface area contributed by atoms with Crippen molar-refractivity contribution in [3.8, 4) is 0 Å². The number of carbonyl (C=O) groups is 1. The van der Waals surface area contributed by atoms with E-state index in [1.807, 2.05) is 6.08 Å². The summed E-state index contributed by atoms with van der Waals surface area (Å²) in [6.45, 7) is 5.84. The van der Waals surface area contributed by atoms with Crippen LogP contribution in [0.2, 0.25) is 0 Å². The molecule has 0 radical (unpaired) electrons. The molecule has 0 amide bonds. The van der Waals surface area contributed by atoms with Gasteiger partial charge in [-0.25, -0.2) is 0 Å². The van der Waals surface area contributed by atoms with Gasteiger partial charge in [-0.1, -0.05) is 64.4 Å². The molecule has 0 rings (SSSR count). The third kappa shape index (κ3) is 12.0. The zero-order valence-corrected chi connectivity index (χ0v) is 12.7. The number of carboxylic acid groups (broad SMARTS) is 1. The van der Waals surface area contributed by atoms with Crippen molar-refractivity contribution >= 4 is 5.97 Å². The molecule has 1 atom stereocenters. The molecule has 0 saturated heterocycles. The van der Waals surface area contributed by atoms with Gasteiger partial charge in [-0.3, -0.25) is 4.79 Å². The summed E-state index contributed by atoms with van der Waals surface area (Å²) < 4.78 is 0. The van der Waals surface area contributed by atoms with Gasteiger partial charge in [-0.15, -0.1) is 6.58 Å². The summed E-state index contributed by atoms with van der Waals surface area (Å²) in [7, 11) is 0.